The summed E-state index contributed by atoms with van der Waals surface area (Å²) in [5.41, 5.74) is 1.55. The van der Waals surface area contributed by atoms with Gasteiger partial charge < -0.3 is 5.32 Å². The van der Waals surface area contributed by atoms with E-state index in [1.54, 1.807) is 0 Å². The zero-order chi connectivity index (χ0) is 10.2. The lowest BCUT2D eigenvalue weighted by Gasteiger charge is -2.27. The predicted octanol–water partition coefficient (Wildman–Crippen LogP) is 3.20. The quantitative estimate of drug-likeness (QED) is 0.749. The SMILES string of the molecule is CC1(C)NCC[C@H]1c1cccc(Cl)c1. The molecule has 1 fully saturated rings. The second kappa shape index (κ2) is 3.56. The Hall–Kier alpha value is -0.530. The molecule has 1 aliphatic rings. The van der Waals surface area contributed by atoms with E-state index >= 15 is 0 Å². The smallest absolute Gasteiger partial charge is 0.0408 e. The van der Waals surface area contributed by atoms with Crippen molar-refractivity contribution in [3.05, 3.63) is 34.9 Å². The zero-order valence-corrected chi connectivity index (χ0v) is 9.43. The molecule has 1 aromatic rings. The molecule has 0 amide bonds. The maximum atomic E-state index is 6.00. The lowest BCUT2D eigenvalue weighted by molar-refractivity contribution is 0.411. The van der Waals surface area contributed by atoms with Crippen LogP contribution in [0, 0.1) is 0 Å². The molecule has 76 valence electrons. The van der Waals surface area contributed by atoms with Gasteiger partial charge in [0.05, 0.1) is 0 Å². The molecule has 1 aromatic carbocycles. The monoisotopic (exact) mass is 209 g/mol. The third-order valence-corrected chi connectivity index (χ3v) is 3.37. The summed E-state index contributed by atoms with van der Waals surface area (Å²) in [6.45, 7) is 5.61. The molecule has 0 spiro atoms. The fraction of sp³-hybridized carbons (Fsp3) is 0.500. The van der Waals surface area contributed by atoms with Crippen LogP contribution in [0.5, 0.6) is 0 Å². The Balaban J connectivity index is 2.31. The predicted molar refractivity (Wildman–Crippen MR) is 60.9 cm³/mol. The molecule has 0 aliphatic carbocycles. The van der Waals surface area contributed by atoms with Crippen molar-refractivity contribution in [3.8, 4) is 0 Å². The van der Waals surface area contributed by atoms with Crippen LogP contribution in [0.1, 0.15) is 31.7 Å². The fourth-order valence-electron chi connectivity index (χ4n) is 2.33. The van der Waals surface area contributed by atoms with Crippen LogP contribution in [-0.4, -0.2) is 12.1 Å². The van der Waals surface area contributed by atoms with E-state index in [4.69, 9.17) is 11.6 Å². The Morgan fingerprint density at radius 3 is 2.79 bits per heavy atom. The lowest BCUT2D eigenvalue weighted by atomic mass is 9.83. The molecule has 1 atom stereocenters. The molecular formula is C12H16ClN. The first kappa shape index (κ1) is 10.0. The summed E-state index contributed by atoms with van der Waals surface area (Å²) >= 11 is 6.00. The second-order valence-electron chi connectivity index (χ2n) is 4.54. The summed E-state index contributed by atoms with van der Waals surface area (Å²) in [5, 5.41) is 4.36. The molecule has 0 radical (unpaired) electrons. The van der Waals surface area contributed by atoms with Crippen LogP contribution >= 0.6 is 11.6 Å². The summed E-state index contributed by atoms with van der Waals surface area (Å²) < 4.78 is 0. The first-order chi connectivity index (χ1) is 6.59. The van der Waals surface area contributed by atoms with E-state index in [1.807, 2.05) is 12.1 Å². The summed E-state index contributed by atoms with van der Waals surface area (Å²) in [6.07, 6.45) is 1.20. The number of hydrogen-bond donors (Lipinski definition) is 1. The number of hydrogen-bond acceptors (Lipinski definition) is 1. The van der Waals surface area contributed by atoms with Crippen molar-refractivity contribution >= 4 is 11.6 Å². The number of halogens is 1. The highest BCUT2D eigenvalue weighted by molar-refractivity contribution is 6.30. The van der Waals surface area contributed by atoms with Crippen LogP contribution in [0.15, 0.2) is 24.3 Å². The standard InChI is InChI=1S/C12H16ClN/c1-12(2)11(6-7-14-12)9-4-3-5-10(13)8-9/h3-5,8,11,14H,6-7H2,1-2H3/t11-/m0/s1. The maximum absolute atomic E-state index is 6.00. The zero-order valence-electron chi connectivity index (χ0n) is 8.68. The van der Waals surface area contributed by atoms with Crippen LogP contribution < -0.4 is 5.32 Å². The van der Waals surface area contributed by atoms with Crippen LogP contribution in [0.2, 0.25) is 5.02 Å². The van der Waals surface area contributed by atoms with Gasteiger partial charge in [0.15, 0.2) is 0 Å². The van der Waals surface area contributed by atoms with Crippen LogP contribution in [0.25, 0.3) is 0 Å². The molecule has 1 heterocycles. The molecule has 1 aliphatic heterocycles. The minimum Gasteiger partial charge on any atom is -0.311 e. The minimum atomic E-state index is 0.199. The van der Waals surface area contributed by atoms with E-state index in [1.165, 1.54) is 12.0 Å². The van der Waals surface area contributed by atoms with Gasteiger partial charge in [-0.25, -0.2) is 0 Å². The van der Waals surface area contributed by atoms with Gasteiger partial charge in [-0.1, -0.05) is 23.7 Å². The molecule has 2 rings (SSSR count). The third-order valence-electron chi connectivity index (χ3n) is 3.14. The molecule has 14 heavy (non-hydrogen) atoms. The molecular weight excluding hydrogens is 194 g/mol. The Bertz CT molecular complexity index is 333. The van der Waals surface area contributed by atoms with Crippen molar-refractivity contribution in [1.82, 2.24) is 5.32 Å². The Morgan fingerprint density at radius 2 is 2.21 bits per heavy atom. The van der Waals surface area contributed by atoms with Gasteiger partial charge in [0.2, 0.25) is 0 Å². The van der Waals surface area contributed by atoms with Crippen molar-refractivity contribution in [2.75, 3.05) is 6.54 Å². The fourth-order valence-corrected chi connectivity index (χ4v) is 2.53. The van der Waals surface area contributed by atoms with Gasteiger partial charge in [0.1, 0.15) is 0 Å². The van der Waals surface area contributed by atoms with Gasteiger partial charge in [0.25, 0.3) is 0 Å². The summed E-state index contributed by atoms with van der Waals surface area (Å²) in [5.74, 6) is 0.584. The Labute approximate surface area is 90.5 Å². The third kappa shape index (κ3) is 1.79. The summed E-state index contributed by atoms with van der Waals surface area (Å²) in [4.78, 5) is 0. The maximum Gasteiger partial charge on any atom is 0.0408 e. The number of rotatable bonds is 1. The van der Waals surface area contributed by atoms with Crippen LogP contribution in [0.3, 0.4) is 0 Å². The molecule has 1 nitrogen and oxygen atoms in total. The van der Waals surface area contributed by atoms with Crippen LogP contribution in [-0.2, 0) is 0 Å². The molecule has 0 unspecified atom stereocenters. The van der Waals surface area contributed by atoms with Crippen molar-refractivity contribution in [2.24, 2.45) is 0 Å². The Morgan fingerprint density at radius 1 is 1.43 bits per heavy atom. The normalized spacial score (nSPS) is 25.2. The van der Waals surface area contributed by atoms with E-state index in [2.05, 4.69) is 31.3 Å². The number of nitrogens with one attached hydrogen (secondary N) is 1. The van der Waals surface area contributed by atoms with Crippen molar-refractivity contribution in [1.29, 1.82) is 0 Å². The highest BCUT2D eigenvalue weighted by Gasteiger charge is 2.34. The van der Waals surface area contributed by atoms with E-state index in [0.29, 0.717) is 5.92 Å². The average Bonchev–Trinajstić information content (AvgIpc) is 2.45. The second-order valence-corrected chi connectivity index (χ2v) is 4.98. The molecule has 2 heteroatoms. The first-order valence-electron chi connectivity index (χ1n) is 5.10. The topological polar surface area (TPSA) is 12.0 Å². The Kier molecular flexibility index (Phi) is 2.54. The summed E-state index contributed by atoms with van der Waals surface area (Å²) in [7, 11) is 0. The van der Waals surface area contributed by atoms with Gasteiger partial charge in [0, 0.05) is 16.5 Å². The van der Waals surface area contributed by atoms with Gasteiger partial charge in [-0.3, -0.25) is 0 Å². The molecule has 0 bridgehead atoms. The van der Waals surface area contributed by atoms with Crippen LogP contribution in [0.4, 0.5) is 0 Å². The van der Waals surface area contributed by atoms with Gasteiger partial charge >= 0.3 is 0 Å². The van der Waals surface area contributed by atoms with Gasteiger partial charge in [-0.2, -0.15) is 0 Å². The van der Waals surface area contributed by atoms with E-state index in [0.717, 1.165) is 11.6 Å². The van der Waals surface area contributed by atoms with Gasteiger partial charge in [-0.15, -0.1) is 0 Å². The highest BCUT2D eigenvalue weighted by Crippen LogP contribution is 2.35. The molecule has 0 saturated carbocycles. The van der Waals surface area contributed by atoms with Gasteiger partial charge in [-0.05, 0) is 44.5 Å². The van der Waals surface area contributed by atoms with Crippen molar-refractivity contribution in [2.45, 2.75) is 31.7 Å². The average molecular weight is 210 g/mol. The van der Waals surface area contributed by atoms with E-state index < -0.39 is 0 Å². The lowest BCUT2D eigenvalue weighted by Crippen LogP contribution is -2.36. The molecule has 0 aromatic heterocycles. The molecule has 1 N–H and O–H groups in total. The molecule has 1 saturated heterocycles. The van der Waals surface area contributed by atoms with E-state index in [-0.39, 0.29) is 5.54 Å². The van der Waals surface area contributed by atoms with Crippen molar-refractivity contribution in [3.63, 3.8) is 0 Å². The first-order valence-corrected chi connectivity index (χ1v) is 5.48. The van der Waals surface area contributed by atoms with Crippen molar-refractivity contribution < 1.29 is 0 Å². The highest BCUT2D eigenvalue weighted by atomic mass is 35.5. The van der Waals surface area contributed by atoms with E-state index in [9.17, 15) is 0 Å². The number of benzene rings is 1. The largest absolute Gasteiger partial charge is 0.311 e. The summed E-state index contributed by atoms with van der Waals surface area (Å²) in [6, 6.07) is 8.22. The minimum absolute atomic E-state index is 0.199.